The summed E-state index contributed by atoms with van der Waals surface area (Å²) in [6.45, 7) is 0.134. The van der Waals surface area contributed by atoms with Gasteiger partial charge in [0.2, 0.25) is 5.91 Å². The van der Waals surface area contributed by atoms with Crippen molar-refractivity contribution in [2.45, 2.75) is 12.8 Å². The smallest absolute Gasteiger partial charge is 0.266 e. The number of likely N-dealkylation sites (tertiary alicyclic amines) is 1. The number of hydrogen-bond donors (Lipinski definition) is 0. The number of halogens is 3. The molecule has 0 saturated carbocycles. The molecule has 1 aliphatic rings. The molecule has 3 rings (SSSR count). The van der Waals surface area contributed by atoms with E-state index in [9.17, 15) is 14.0 Å². The molecule has 0 unspecified atom stereocenters. The van der Waals surface area contributed by atoms with Gasteiger partial charge in [0.15, 0.2) is 6.61 Å². The molecule has 0 radical (unpaired) electrons. The topological polar surface area (TPSA) is 49.9 Å². The van der Waals surface area contributed by atoms with E-state index < -0.39 is 11.7 Å². The molecule has 8 heteroatoms. The lowest BCUT2D eigenvalue weighted by atomic mass is 10.2. The first-order valence-corrected chi connectivity index (χ1v) is 9.12. The average molecular weight is 411 g/mol. The molecule has 0 aromatic heterocycles. The van der Waals surface area contributed by atoms with E-state index >= 15 is 0 Å². The normalized spacial score (nSPS) is 13.7. The van der Waals surface area contributed by atoms with Crippen LogP contribution in [-0.2, 0) is 9.59 Å². The van der Waals surface area contributed by atoms with Crippen LogP contribution in [0.2, 0.25) is 10.0 Å². The summed E-state index contributed by atoms with van der Waals surface area (Å²) in [4.78, 5) is 27.4. The number of amides is 2. The maximum Gasteiger partial charge on any atom is 0.266 e. The SMILES string of the molecule is O=C1CCCN1CN(C(=O)COc1ccc(Cl)cc1Cl)c1ccccc1F. The number of carbonyl (C=O) groups is 2. The van der Waals surface area contributed by atoms with Crippen LogP contribution in [0, 0.1) is 5.82 Å². The number of anilines is 1. The van der Waals surface area contributed by atoms with Gasteiger partial charge in [0.05, 0.1) is 10.7 Å². The summed E-state index contributed by atoms with van der Waals surface area (Å²) in [7, 11) is 0. The average Bonchev–Trinajstić information content (AvgIpc) is 3.04. The van der Waals surface area contributed by atoms with Gasteiger partial charge < -0.3 is 9.64 Å². The maximum absolute atomic E-state index is 14.3. The Labute approximate surface area is 166 Å². The van der Waals surface area contributed by atoms with E-state index in [-0.39, 0.29) is 29.9 Å². The molecule has 0 spiro atoms. The van der Waals surface area contributed by atoms with E-state index in [1.807, 2.05) is 0 Å². The number of carbonyl (C=O) groups excluding carboxylic acids is 2. The second kappa shape index (κ2) is 8.59. The first-order chi connectivity index (χ1) is 13.0. The van der Waals surface area contributed by atoms with E-state index in [2.05, 4.69) is 0 Å². The quantitative estimate of drug-likeness (QED) is 0.719. The van der Waals surface area contributed by atoms with Crippen molar-refractivity contribution >= 4 is 40.7 Å². The Morgan fingerprint density at radius 3 is 2.67 bits per heavy atom. The van der Waals surface area contributed by atoms with Crippen LogP contribution in [-0.4, -0.2) is 36.5 Å². The van der Waals surface area contributed by atoms with Crippen molar-refractivity contribution in [1.82, 2.24) is 4.90 Å². The van der Waals surface area contributed by atoms with Gasteiger partial charge in [-0.3, -0.25) is 14.5 Å². The first kappa shape index (κ1) is 19.5. The highest BCUT2D eigenvalue weighted by molar-refractivity contribution is 6.35. The van der Waals surface area contributed by atoms with Gasteiger partial charge in [-0.25, -0.2) is 4.39 Å². The third-order valence-electron chi connectivity index (χ3n) is 4.17. The van der Waals surface area contributed by atoms with Crippen LogP contribution >= 0.6 is 23.2 Å². The molecule has 0 atom stereocenters. The lowest BCUT2D eigenvalue weighted by Crippen LogP contribution is -2.44. The highest BCUT2D eigenvalue weighted by Gasteiger charge is 2.27. The van der Waals surface area contributed by atoms with Crippen LogP contribution in [0.1, 0.15) is 12.8 Å². The Kier molecular flexibility index (Phi) is 6.19. The summed E-state index contributed by atoms with van der Waals surface area (Å²) in [6.07, 6.45) is 1.14. The van der Waals surface area contributed by atoms with Crippen molar-refractivity contribution in [3.05, 3.63) is 58.3 Å². The maximum atomic E-state index is 14.3. The summed E-state index contributed by atoms with van der Waals surface area (Å²) in [5.41, 5.74) is 0.0907. The number of nitrogens with zero attached hydrogens (tertiary/aromatic N) is 2. The molecule has 0 bridgehead atoms. The predicted molar refractivity (Wildman–Crippen MR) is 102 cm³/mol. The minimum atomic E-state index is -0.554. The summed E-state index contributed by atoms with van der Waals surface area (Å²) in [5, 5.41) is 0.710. The van der Waals surface area contributed by atoms with Gasteiger partial charge in [0.25, 0.3) is 5.91 Å². The van der Waals surface area contributed by atoms with Gasteiger partial charge >= 0.3 is 0 Å². The third kappa shape index (κ3) is 4.70. The van der Waals surface area contributed by atoms with Crippen LogP contribution in [0.5, 0.6) is 5.75 Å². The van der Waals surface area contributed by atoms with Gasteiger partial charge in [-0.2, -0.15) is 0 Å². The van der Waals surface area contributed by atoms with Gasteiger partial charge in [0, 0.05) is 18.0 Å². The minimum absolute atomic E-state index is 0.0314. The first-order valence-electron chi connectivity index (χ1n) is 8.36. The van der Waals surface area contributed by atoms with Gasteiger partial charge in [0.1, 0.15) is 18.2 Å². The molecule has 2 aromatic carbocycles. The molecule has 0 N–H and O–H groups in total. The van der Waals surface area contributed by atoms with E-state index in [4.69, 9.17) is 27.9 Å². The molecule has 27 heavy (non-hydrogen) atoms. The monoisotopic (exact) mass is 410 g/mol. The number of para-hydroxylation sites is 1. The van der Waals surface area contributed by atoms with Gasteiger partial charge in [-0.1, -0.05) is 35.3 Å². The minimum Gasteiger partial charge on any atom is -0.482 e. The molecular formula is C19H17Cl2FN2O3. The van der Waals surface area contributed by atoms with E-state index in [1.165, 1.54) is 34.1 Å². The van der Waals surface area contributed by atoms with Gasteiger partial charge in [-0.05, 0) is 36.8 Å². The standard InChI is InChI=1S/C19H17Cl2FN2O3/c20-13-7-8-17(14(21)10-13)27-11-19(26)24(12-23-9-3-6-18(23)25)16-5-2-1-4-15(16)22/h1-2,4-5,7-8,10H,3,6,9,11-12H2. The van der Waals surface area contributed by atoms with Crippen LogP contribution < -0.4 is 9.64 Å². The Morgan fingerprint density at radius 2 is 2.00 bits per heavy atom. The number of rotatable bonds is 6. The molecular weight excluding hydrogens is 394 g/mol. The van der Waals surface area contributed by atoms with Crippen molar-refractivity contribution in [3.63, 3.8) is 0 Å². The third-order valence-corrected chi connectivity index (χ3v) is 4.70. The predicted octanol–water partition coefficient (Wildman–Crippen LogP) is 4.12. The summed E-state index contributed by atoms with van der Waals surface area (Å²) < 4.78 is 19.7. The molecule has 2 aromatic rings. The Balaban J connectivity index is 1.78. The van der Waals surface area contributed by atoms with Crippen molar-refractivity contribution in [1.29, 1.82) is 0 Å². The Hall–Kier alpha value is -2.31. The molecule has 1 aliphatic heterocycles. The van der Waals surface area contributed by atoms with E-state index in [1.54, 1.807) is 18.2 Å². The summed E-state index contributed by atoms with van der Waals surface area (Å²) in [5.74, 6) is -0.821. The van der Waals surface area contributed by atoms with Crippen molar-refractivity contribution < 1.29 is 18.7 Å². The largest absolute Gasteiger partial charge is 0.482 e. The molecule has 1 saturated heterocycles. The Bertz CT molecular complexity index is 863. The molecule has 1 heterocycles. The van der Waals surface area contributed by atoms with Crippen molar-refractivity contribution in [2.24, 2.45) is 0 Å². The zero-order chi connectivity index (χ0) is 19.4. The van der Waals surface area contributed by atoms with E-state index in [0.29, 0.717) is 23.7 Å². The lowest BCUT2D eigenvalue weighted by molar-refractivity contribution is -0.128. The fourth-order valence-corrected chi connectivity index (χ4v) is 3.26. The zero-order valence-corrected chi connectivity index (χ0v) is 15.8. The number of benzene rings is 2. The second-order valence-electron chi connectivity index (χ2n) is 6.04. The van der Waals surface area contributed by atoms with Crippen LogP contribution in [0.4, 0.5) is 10.1 Å². The molecule has 0 aliphatic carbocycles. The highest BCUT2D eigenvalue weighted by atomic mass is 35.5. The number of ether oxygens (including phenoxy) is 1. The lowest BCUT2D eigenvalue weighted by Gasteiger charge is -2.28. The fraction of sp³-hybridized carbons (Fsp3) is 0.263. The summed E-state index contributed by atoms with van der Waals surface area (Å²) >= 11 is 11.9. The Morgan fingerprint density at radius 1 is 1.22 bits per heavy atom. The molecule has 2 amide bonds. The molecule has 1 fully saturated rings. The summed E-state index contributed by atoms with van der Waals surface area (Å²) in [6, 6.07) is 10.6. The fourth-order valence-electron chi connectivity index (χ4n) is 2.79. The zero-order valence-electron chi connectivity index (χ0n) is 14.3. The van der Waals surface area contributed by atoms with Crippen molar-refractivity contribution in [2.75, 3.05) is 24.7 Å². The van der Waals surface area contributed by atoms with Gasteiger partial charge in [-0.15, -0.1) is 0 Å². The highest BCUT2D eigenvalue weighted by Crippen LogP contribution is 2.28. The van der Waals surface area contributed by atoms with Crippen LogP contribution in [0.25, 0.3) is 0 Å². The van der Waals surface area contributed by atoms with Crippen LogP contribution in [0.3, 0.4) is 0 Å². The number of hydrogen-bond acceptors (Lipinski definition) is 3. The van der Waals surface area contributed by atoms with Crippen molar-refractivity contribution in [3.8, 4) is 5.75 Å². The second-order valence-corrected chi connectivity index (χ2v) is 6.88. The molecule has 142 valence electrons. The van der Waals surface area contributed by atoms with E-state index in [0.717, 1.165) is 6.42 Å². The van der Waals surface area contributed by atoms with Crippen LogP contribution in [0.15, 0.2) is 42.5 Å². The molecule has 5 nitrogen and oxygen atoms in total.